The molecule has 6 nitrogen and oxygen atoms in total. The standard InChI is InChI=1S/C12H11N5OS/c1-9-14-11(18-16-9)7-19-12-15-13-8-17(12)10-5-3-2-4-6-10/h2-6,8H,7H2,1H3. The van der Waals surface area contributed by atoms with Gasteiger partial charge < -0.3 is 4.52 Å². The fourth-order valence-electron chi connectivity index (χ4n) is 1.61. The van der Waals surface area contributed by atoms with Gasteiger partial charge in [-0.2, -0.15) is 4.98 Å². The maximum absolute atomic E-state index is 5.07. The van der Waals surface area contributed by atoms with E-state index < -0.39 is 0 Å². The van der Waals surface area contributed by atoms with Gasteiger partial charge in [0.1, 0.15) is 6.33 Å². The predicted molar refractivity (Wildman–Crippen MR) is 70.0 cm³/mol. The number of hydrogen-bond acceptors (Lipinski definition) is 6. The summed E-state index contributed by atoms with van der Waals surface area (Å²) in [7, 11) is 0. The molecule has 3 aromatic rings. The van der Waals surface area contributed by atoms with Gasteiger partial charge in [0.25, 0.3) is 0 Å². The summed E-state index contributed by atoms with van der Waals surface area (Å²) in [4.78, 5) is 4.16. The Labute approximate surface area is 113 Å². The molecule has 0 amide bonds. The van der Waals surface area contributed by atoms with Crippen molar-refractivity contribution < 1.29 is 4.52 Å². The van der Waals surface area contributed by atoms with Crippen LogP contribution in [0.15, 0.2) is 46.3 Å². The molecule has 0 radical (unpaired) electrons. The van der Waals surface area contributed by atoms with E-state index in [9.17, 15) is 0 Å². The summed E-state index contributed by atoms with van der Waals surface area (Å²) < 4.78 is 6.99. The molecular formula is C12H11N5OS. The first-order valence-electron chi connectivity index (χ1n) is 5.70. The van der Waals surface area contributed by atoms with Gasteiger partial charge in [-0.3, -0.25) is 4.57 Å². The van der Waals surface area contributed by atoms with Crippen molar-refractivity contribution >= 4 is 11.8 Å². The lowest BCUT2D eigenvalue weighted by Gasteiger charge is -2.04. The zero-order chi connectivity index (χ0) is 13.1. The first-order valence-corrected chi connectivity index (χ1v) is 6.69. The zero-order valence-electron chi connectivity index (χ0n) is 10.2. The normalized spacial score (nSPS) is 10.8. The third-order valence-electron chi connectivity index (χ3n) is 2.45. The molecule has 0 N–H and O–H groups in total. The van der Waals surface area contributed by atoms with E-state index in [0.29, 0.717) is 17.5 Å². The minimum atomic E-state index is 0.576. The Morgan fingerprint density at radius 1 is 1.26 bits per heavy atom. The van der Waals surface area contributed by atoms with Gasteiger partial charge in [-0.25, -0.2) is 0 Å². The van der Waals surface area contributed by atoms with E-state index in [1.807, 2.05) is 34.9 Å². The Morgan fingerprint density at radius 2 is 2.11 bits per heavy atom. The molecule has 0 aliphatic heterocycles. The third kappa shape index (κ3) is 2.65. The molecule has 0 aliphatic rings. The second-order valence-corrected chi connectivity index (χ2v) is 4.79. The molecule has 1 aromatic carbocycles. The van der Waals surface area contributed by atoms with Gasteiger partial charge in [-0.15, -0.1) is 10.2 Å². The molecular weight excluding hydrogens is 262 g/mol. The number of nitrogens with zero attached hydrogens (tertiary/aromatic N) is 5. The highest BCUT2D eigenvalue weighted by atomic mass is 32.2. The van der Waals surface area contributed by atoms with Crippen LogP contribution in [0.2, 0.25) is 0 Å². The van der Waals surface area contributed by atoms with E-state index in [0.717, 1.165) is 10.8 Å². The van der Waals surface area contributed by atoms with Crippen molar-refractivity contribution in [2.24, 2.45) is 0 Å². The summed E-state index contributed by atoms with van der Waals surface area (Å²) in [5, 5.41) is 12.6. The summed E-state index contributed by atoms with van der Waals surface area (Å²) in [5.74, 6) is 1.80. The number of para-hydroxylation sites is 1. The van der Waals surface area contributed by atoms with Crippen LogP contribution in [0.3, 0.4) is 0 Å². The molecule has 0 fully saturated rings. The molecule has 0 saturated carbocycles. The topological polar surface area (TPSA) is 69.6 Å². The summed E-state index contributed by atoms with van der Waals surface area (Å²) in [6.07, 6.45) is 1.69. The van der Waals surface area contributed by atoms with Gasteiger partial charge >= 0.3 is 0 Å². The van der Waals surface area contributed by atoms with Crippen molar-refractivity contribution in [2.45, 2.75) is 17.8 Å². The van der Waals surface area contributed by atoms with E-state index in [-0.39, 0.29) is 0 Å². The highest BCUT2D eigenvalue weighted by Gasteiger charge is 2.09. The van der Waals surface area contributed by atoms with E-state index in [1.165, 1.54) is 11.8 Å². The van der Waals surface area contributed by atoms with Crippen molar-refractivity contribution in [1.82, 2.24) is 24.9 Å². The average molecular weight is 273 g/mol. The summed E-state index contributed by atoms with van der Waals surface area (Å²) in [6.45, 7) is 1.80. The van der Waals surface area contributed by atoms with Gasteiger partial charge in [-0.1, -0.05) is 35.1 Å². The lowest BCUT2D eigenvalue weighted by atomic mass is 10.3. The van der Waals surface area contributed by atoms with Crippen LogP contribution < -0.4 is 0 Å². The van der Waals surface area contributed by atoms with Gasteiger partial charge in [-0.05, 0) is 19.1 Å². The Morgan fingerprint density at radius 3 is 2.84 bits per heavy atom. The van der Waals surface area contributed by atoms with Crippen LogP contribution in [0.5, 0.6) is 0 Å². The molecule has 0 aliphatic carbocycles. The number of thioether (sulfide) groups is 1. The van der Waals surface area contributed by atoms with E-state index in [2.05, 4.69) is 20.3 Å². The molecule has 96 valence electrons. The first-order chi connectivity index (χ1) is 9.33. The van der Waals surface area contributed by atoms with Crippen LogP contribution >= 0.6 is 11.8 Å². The number of hydrogen-bond donors (Lipinski definition) is 0. The minimum absolute atomic E-state index is 0.576. The average Bonchev–Trinajstić information content (AvgIpc) is 3.06. The molecule has 2 heterocycles. The van der Waals surface area contributed by atoms with Crippen LogP contribution in [0, 0.1) is 6.92 Å². The fourth-order valence-corrected chi connectivity index (χ4v) is 2.38. The van der Waals surface area contributed by atoms with Crippen molar-refractivity contribution in [3.63, 3.8) is 0 Å². The summed E-state index contributed by atoms with van der Waals surface area (Å²) in [5.41, 5.74) is 1.02. The lowest BCUT2D eigenvalue weighted by molar-refractivity contribution is 0.387. The van der Waals surface area contributed by atoms with Crippen molar-refractivity contribution in [3.05, 3.63) is 48.4 Å². The Balaban J connectivity index is 1.77. The largest absolute Gasteiger partial charge is 0.338 e. The van der Waals surface area contributed by atoms with Crippen LogP contribution in [-0.4, -0.2) is 24.9 Å². The highest BCUT2D eigenvalue weighted by molar-refractivity contribution is 7.98. The second-order valence-electron chi connectivity index (χ2n) is 3.84. The lowest BCUT2D eigenvalue weighted by Crippen LogP contribution is -1.94. The Bertz CT molecular complexity index is 664. The predicted octanol–water partition coefficient (Wildman–Crippen LogP) is 2.25. The van der Waals surface area contributed by atoms with Gasteiger partial charge in [0.2, 0.25) is 5.89 Å². The second kappa shape index (κ2) is 5.23. The quantitative estimate of drug-likeness (QED) is 0.679. The Hall–Kier alpha value is -2.15. The minimum Gasteiger partial charge on any atom is -0.338 e. The molecule has 7 heteroatoms. The molecule has 19 heavy (non-hydrogen) atoms. The SMILES string of the molecule is Cc1noc(CSc2nncn2-c2ccccc2)n1. The summed E-state index contributed by atoms with van der Waals surface area (Å²) >= 11 is 1.51. The maximum Gasteiger partial charge on any atom is 0.237 e. The molecule has 0 bridgehead atoms. The fraction of sp³-hybridized carbons (Fsp3) is 0.167. The van der Waals surface area contributed by atoms with E-state index in [4.69, 9.17) is 4.52 Å². The highest BCUT2D eigenvalue weighted by Crippen LogP contribution is 2.22. The van der Waals surface area contributed by atoms with Crippen LogP contribution in [0.1, 0.15) is 11.7 Å². The van der Waals surface area contributed by atoms with Gasteiger partial charge in [0.15, 0.2) is 11.0 Å². The number of aryl methyl sites for hydroxylation is 1. The van der Waals surface area contributed by atoms with Crippen molar-refractivity contribution in [1.29, 1.82) is 0 Å². The molecule has 2 aromatic heterocycles. The summed E-state index contributed by atoms with van der Waals surface area (Å²) in [6, 6.07) is 9.94. The molecule has 0 unspecified atom stereocenters. The molecule has 0 spiro atoms. The van der Waals surface area contributed by atoms with Crippen LogP contribution in [0.25, 0.3) is 5.69 Å². The molecule has 3 rings (SSSR count). The van der Waals surface area contributed by atoms with E-state index >= 15 is 0 Å². The van der Waals surface area contributed by atoms with Gasteiger partial charge in [0.05, 0.1) is 5.75 Å². The first kappa shape index (κ1) is 11.9. The molecule has 0 saturated heterocycles. The number of rotatable bonds is 4. The number of aromatic nitrogens is 5. The van der Waals surface area contributed by atoms with Crippen LogP contribution in [-0.2, 0) is 5.75 Å². The third-order valence-corrected chi connectivity index (χ3v) is 3.37. The van der Waals surface area contributed by atoms with Crippen molar-refractivity contribution in [3.8, 4) is 5.69 Å². The Kier molecular flexibility index (Phi) is 3.28. The van der Waals surface area contributed by atoms with Crippen LogP contribution in [0.4, 0.5) is 0 Å². The zero-order valence-corrected chi connectivity index (χ0v) is 11.0. The van der Waals surface area contributed by atoms with E-state index in [1.54, 1.807) is 13.3 Å². The smallest absolute Gasteiger partial charge is 0.237 e. The maximum atomic E-state index is 5.07. The monoisotopic (exact) mass is 273 g/mol. The number of benzene rings is 1. The van der Waals surface area contributed by atoms with Crippen molar-refractivity contribution in [2.75, 3.05) is 0 Å². The van der Waals surface area contributed by atoms with Gasteiger partial charge in [0, 0.05) is 5.69 Å². The molecule has 0 atom stereocenters.